The average molecular weight is 478 g/mol. The van der Waals surface area contributed by atoms with E-state index in [2.05, 4.69) is 10.6 Å². The lowest BCUT2D eigenvalue weighted by molar-refractivity contribution is -0.120. The second-order valence-corrected chi connectivity index (χ2v) is 7.76. The van der Waals surface area contributed by atoms with E-state index in [0.29, 0.717) is 21.8 Å². The van der Waals surface area contributed by atoms with Gasteiger partial charge < -0.3 is 10.6 Å². The smallest absolute Gasteiger partial charge is 0.283 e. The van der Waals surface area contributed by atoms with E-state index in [9.17, 15) is 23.6 Å². The molecule has 0 saturated heterocycles. The molecule has 2 N–H and O–H groups in total. The zero-order valence-electron chi connectivity index (χ0n) is 17.8. The van der Waals surface area contributed by atoms with E-state index in [1.165, 1.54) is 31.2 Å². The number of benzene rings is 3. The third-order valence-electron chi connectivity index (χ3n) is 5.06. The lowest BCUT2D eigenvalue weighted by Crippen LogP contribution is -2.33. The van der Waals surface area contributed by atoms with Gasteiger partial charge in [0.25, 0.3) is 17.7 Å². The summed E-state index contributed by atoms with van der Waals surface area (Å²) in [6, 6.07) is 18.0. The molecule has 4 rings (SSSR count). The highest BCUT2D eigenvalue weighted by molar-refractivity contribution is 6.53. The molecule has 0 aliphatic carbocycles. The number of Topliss-reactive ketones (excluding diaryl/α,β-unsaturated/α-hetero) is 1. The number of carbonyl (C=O) groups is 4. The zero-order chi connectivity index (χ0) is 24.4. The maximum absolute atomic E-state index is 14.2. The van der Waals surface area contributed by atoms with Gasteiger partial charge in [0.05, 0.1) is 5.69 Å². The molecule has 0 unspecified atom stereocenters. The first-order valence-electron chi connectivity index (χ1n) is 10.1. The van der Waals surface area contributed by atoms with E-state index < -0.39 is 28.6 Å². The molecule has 3 aromatic carbocycles. The number of amides is 3. The fourth-order valence-electron chi connectivity index (χ4n) is 3.34. The fourth-order valence-corrected chi connectivity index (χ4v) is 3.55. The number of carbonyl (C=O) groups excluding carboxylic acids is 4. The molecule has 0 spiro atoms. The molecule has 170 valence electrons. The lowest BCUT2D eigenvalue weighted by atomic mass is 10.1. The Morgan fingerprint density at radius 1 is 0.853 bits per heavy atom. The highest BCUT2D eigenvalue weighted by atomic mass is 35.5. The largest absolute Gasteiger partial charge is 0.350 e. The third-order valence-corrected chi connectivity index (χ3v) is 5.41. The van der Waals surface area contributed by atoms with Gasteiger partial charge in [-0.3, -0.25) is 19.2 Å². The molecule has 34 heavy (non-hydrogen) atoms. The van der Waals surface area contributed by atoms with Crippen LogP contribution in [0, 0.1) is 5.82 Å². The van der Waals surface area contributed by atoms with Crippen molar-refractivity contribution in [2.75, 3.05) is 15.5 Å². The molecule has 1 heterocycles. The summed E-state index contributed by atoms with van der Waals surface area (Å²) in [5.74, 6) is -2.94. The number of ketones is 1. The zero-order valence-corrected chi connectivity index (χ0v) is 18.5. The van der Waals surface area contributed by atoms with Crippen molar-refractivity contribution in [2.45, 2.75) is 6.92 Å². The van der Waals surface area contributed by atoms with Crippen LogP contribution in [-0.4, -0.2) is 23.5 Å². The van der Waals surface area contributed by atoms with Gasteiger partial charge in [-0.15, -0.1) is 0 Å². The van der Waals surface area contributed by atoms with Crippen LogP contribution in [-0.2, 0) is 9.59 Å². The number of rotatable bonds is 6. The van der Waals surface area contributed by atoms with Gasteiger partial charge in [0.15, 0.2) is 5.78 Å². The molecule has 1 aliphatic rings. The Morgan fingerprint density at radius 2 is 1.56 bits per heavy atom. The molecule has 0 aromatic heterocycles. The van der Waals surface area contributed by atoms with E-state index >= 15 is 0 Å². The fraction of sp³-hybridized carbons (Fsp3) is 0.0400. The van der Waals surface area contributed by atoms with Crippen LogP contribution in [0.5, 0.6) is 0 Å². The molecule has 3 amide bonds. The van der Waals surface area contributed by atoms with E-state index in [-0.39, 0.29) is 22.7 Å². The van der Waals surface area contributed by atoms with Gasteiger partial charge in [0.2, 0.25) is 0 Å². The molecule has 0 bridgehead atoms. The normalized spacial score (nSPS) is 13.3. The average Bonchev–Trinajstić information content (AvgIpc) is 3.03. The highest BCUT2D eigenvalue weighted by Crippen LogP contribution is 2.31. The first-order chi connectivity index (χ1) is 16.3. The van der Waals surface area contributed by atoms with Crippen molar-refractivity contribution in [3.63, 3.8) is 0 Å². The Morgan fingerprint density at radius 3 is 2.24 bits per heavy atom. The third kappa shape index (κ3) is 4.44. The number of hydrogen-bond acceptors (Lipinski definition) is 5. The van der Waals surface area contributed by atoms with Gasteiger partial charge in [-0.2, -0.15) is 0 Å². The standard InChI is InChI=1S/C25H17ClFN3O4/c1-14(31)15-9-11-17(12-10-15)29-23(32)16-5-4-6-18(13-16)28-22-21(26)24(33)30(25(22)34)20-8-3-2-7-19(20)27/h2-13,28H,1H3,(H,29,32). The minimum Gasteiger partial charge on any atom is -0.350 e. The Bertz CT molecular complexity index is 1370. The number of para-hydroxylation sites is 1. The van der Waals surface area contributed by atoms with E-state index in [4.69, 9.17) is 11.6 Å². The van der Waals surface area contributed by atoms with Gasteiger partial charge in [-0.1, -0.05) is 29.8 Å². The molecular formula is C25H17ClFN3O4. The second-order valence-electron chi connectivity index (χ2n) is 7.38. The maximum Gasteiger partial charge on any atom is 0.283 e. The van der Waals surface area contributed by atoms with Gasteiger partial charge in [-0.25, -0.2) is 9.29 Å². The second kappa shape index (κ2) is 9.29. The van der Waals surface area contributed by atoms with Crippen molar-refractivity contribution >= 4 is 52.2 Å². The number of anilines is 3. The highest BCUT2D eigenvalue weighted by Gasteiger charge is 2.40. The van der Waals surface area contributed by atoms with Crippen molar-refractivity contribution in [2.24, 2.45) is 0 Å². The minimum atomic E-state index is -0.859. The molecule has 7 nitrogen and oxygen atoms in total. The molecule has 0 atom stereocenters. The minimum absolute atomic E-state index is 0.0851. The Labute approximate surface area is 198 Å². The van der Waals surface area contributed by atoms with Gasteiger partial charge in [0.1, 0.15) is 16.5 Å². The number of nitrogens with zero attached hydrogens (tertiary/aromatic N) is 1. The Balaban J connectivity index is 1.52. The summed E-state index contributed by atoms with van der Waals surface area (Å²) in [7, 11) is 0. The van der Waals surface area contributed by atoms with Crippen molar-refractivity contribution in [3.8, 4) is 0 Å². The Kier molecular flexibility index (Phi) is 6.25. The quantitative estimate of drug-likeness (QED) is 0.396. The summed E-state index contributed by atoms with van der Waals surface area (Å²) < 4.78 is 14.2. The van der Waals surface area contributed by atoms with Crippen LogP contribution in [0.1, 0.15) is 27.6 Å². The molecule has 9 heteroatoms. The number of hydrogen-bond donors (Lipinski definition) is 2. The summed E-state index contributed by atoms with van der Waals surface area (Å²) in [5.41, 5.74) is 1.17. The topological polar surface area (TPSA) is 95.6 Å². The van der Waals surface area contributed by atoms with Gasteiger partial charge in [0, 0.05) is 22.5 Å². The van der Waals surface area contributed by atoms with Crippen molar-refractivity contribution < 1.29 is 23.6 Å². The first kappa shape index (κ1) is 22.9. The summed E-state index contributed by atoms with van der Waals surface area (Å²) in [4.78, 5) is 50.1. The summed E-state index contributed by atoms with van der Waals surface area (Å²) in [6.45, 7) is 1.45. The van der Waals surface area contributed by atoms with Crippen LogP contribution >= 0.6 is 11.6 Å². The van der Waals surface area contributed by atoms with Crippen LogP contribution in [0.2, 0.25) is 0 Å². The predicted octanol–water partition coefficient (Wildman–Crippen LogP) is 4.72. The van der Waals surface area contributed by atoms with Crippen molar-refractivity contribution in [1.29, 1.82) is 0 Å². The van der Waals surface area contributed by atoms with Gasteiger partial charge in [-0.05, 0) is 61.5 Å². The Hall–Kier alpha value is -4.30. The van der Waals surface area contributed by atoms with E-state index in [0.717, 1.165) is 6.07 Å². The number of halogens is 2. The lowest BCUT2D eigenvalue weighted by Gasteiger charge is -2.15. The maximum atomic E-state index is 14.2. The van der Waals surface area contributed by atoms with Crippen LogP contribution in [0.4, 0.5) is 21.5 Å². The molecule has 1 aliphatic heterocycles. The van der Waals surface area contributed by atoms with Crippen molar-refractivity contribution in [3.05, 3.63) is 100 Å². The van der Waals surface area contributed by atoms with Crippen LogP contribution in [0.15, 0.2) is 83.5 Å². The molecule has 3 aromatic rings. The van der Waals surface area contributed by atoms with Crippen molar-refractivity contribution in [1.82, 2.24) is 0 Å². The predicted molar refractivity (Wildman–Crippen MR) is 126 cm³/mol. The summed E-state index contributed by atoms with van der Waals surface area (Å²) in [6.07, 6.45) is 0. The number of imide groups is 1. The summed E-state index contributed by atoms with van der Waals surface area (Å²) in [5, 5.41) is 5.09. The molecule has 0 radical (unpaired) electrons. The summed E-state index contributed by atoms with van der Waals surface area (Å²) >= 11 is 6.09. The van der Waals surface area contributed by atoms with Crippen LogP contribution in [0.25, 0.3) is 0 Å². The van der Waals surface area contributed by atoms with E-state index in [1.54, 1.807) is 42.5 Å². The SMILES string of the molecule is CC(=O)c1ccc(NC(=O)c2cccc(NC3=C(Cl)C(=O)N(c4ccccc4F)C3=O)c2)cc1. The molecular weight excluding hydrogens is 461 g/mol. The van der Waals surface area contributed by atoms with Crippen LogP contribution < -0.4 is 15.5 Å². The number of nitrogens with one attached hydrogen (secondary N) is 2. The monoisotopic (exact) mass is 477 g/mol. The first-order valence-corrected chi connectivity index (χ1v) is 10.5. The molecule has 0 fully saturated rings. The molecule has 0 saturated carbocycles. The van der Waals surface area contributed by atoms with Gasteiger partial charge >= 0.3 is 0 Å². The van der Waals surface area contributed by atoms with Crippen LogP contribution in [0.3, 0.4) is 0 Å². The van der Waals surface area contributed by atoms with E-state index in [1.807, 2.05) is 0 Å².